The zero-order chi connectivity index (χ0) is 25.2. The maximum absolute atomic E-state index is 12.1. The Bertz CT molecular complexity index is 960. The molecule has 1 aromatic rings. The number of likely N-dealkylation sites (N-methyl/N-ethyl adjacent to an activating group) is 1. The number of amides is 1. The van der Waals surface area contributed by atoms with Gasteiger partial charge >= 0.3 is 0 Å². The van der Waals surface area contributed by atoms with Crippen LogP contribution in [0.5, 0.6) is 0 Å². The predicted molar refractivity (Wildman–Crippen MR) is 149 cm³/mol. The van der Waals surface area contributed by atoms with Crippen molar-refractivity contribution in [3.05, 3.63) is 64.1 Å². The van der Waals surface area contributed by atoms with Crippen molar-refractivity contribution in [1.29, 1.82) is 0 Å². The number of halogens is 1. The number of carbonyl (C=O) groups is 1. The molecular weight excluding hydrogens is 504 g/mol. The van der Waals surface area contributed by atoms with Crippen molar-refractivity contribution in [2.45, 2.75) is 52.7 Å². The van der Waals surface area contributed by atoms with Gasteiger partial charge < -0.3 is 26.2 Å². The van der Waals surface area contributed by atoms with Crippen molar-refractivity contribution in [3.8, 4) is 0 Å². The van der Waals surface area contributed by atoms with E-state index in [0.29, 0.717) is 13.0 Å². The summed E-state index contributed by atoms with van der Waals surface area (Å²) < 4.78 is 0.847. The minimum absolute atomic E-state index is 0.0984. The number of hydrogen-bond acceptors (Lipinski definition) is 6. The lowest BCUT2D eigenvalue weighted by molar-refractivity contribution is -0.121. The standard InChI is InChI=1S/C27H39BrN6O/c1-5-34(6-2)16-15-29-25(35)14-9-21-7-12-23(13-8-21)32-27-30-18-24(28)26(33-27)31-20(4)17-19(3)22-10-11-22/h7-8,12-13,17-18,22,27,31-33H,4-6,9-11,14-16H2,1-3H3,(H,29,35)/b19-17+. The van der Waals surface area contributed by atoms with Crippen LogP contribution in [0.1, 0.15) is 45.6 Å². The molecule has 1 aliphatic carbocycles. The van der Waals surface area contributed by atoms with Gasteiger partial charge in [-0.1, -0.05) is 38.1 Å². The van der Waals surface area contributed by atoms with Gasteiger partial charge in [0.25, 0.3) is 0 Å². The highest BCUT2D eigenvalue weighted by atomic mass is 79.9. The lowest BCUT2D eigenvalue weighted by Gasteiger charge is -2.25. The van der Waals surface area contributed by atoms with Crippen LogP contribution in [0.25, 0.3) is 0 Å². The number of nitrogens with one attached hydrogen (secondary N) is 4. The number of aryl methyl sites for hydroxylation is 1. The van der Waals surface area contributed by atoms with Crippen molar-refractivity contribution in [1.82, 2.24) is 20.9 Å². The summed E-state index contributed by atoms with van der Waals surface area (Å²) >= 11 is 3.55. The van der Waals surface area contributed by atoms with E-state index in [4.69, 9.17) is 0 Å². The summed E-state index contributed by atoms with van der Waals surface area (Å²) in [6.45, 7) is 14.2. The van der Waals surface area contributed by atoms with Gasteiger partial charge in [-0.25, -0.2) is 4.99 Å². The molecule has 0 aromatic heterocycles. The van der Waals surface area contributed by atoms with Crippen LogP contribution in [0, 0.1) is 5.92 Å². The maximum Gasteiger partial charge on any atom is 0.220 e. The molecule has 1 unspecified atom stereocenters. The number of nitrogens with zero attached hydrogens (tertiary/aromatic N) is 2. The quantitative estimate of drug-likeness (QED) is 0.261. The number of hydrogen-bond donors (Lipinski definition) is 4. The molecule has 1 atom stereocenters. The van der Waals surface area contributed by atoms with Crippen molar-refractivity contribution < 1.29 is 4.79 Å². The van der Waals surface area contributed by atoms with Crippen LogP contribution >= 0.6 is 15.9 Å². The van der Waals surface area contributed by atoms with Gasteiger partial charge in [-0.3, -0.25) is 4.79 Å². The molecule has 0 radical (unpaired) electrons. The van der Waals surface area contributed by atoms with Crippen LogP contribution in [0.4, 0.5) is 5.69 Å². The summed E-state index contributed by atoms with van der Waals surface area (Å²) in [6.07, 6.45) is 7.37. The fraction of sp³-hybridized carbons (Fsp3) is 0.481. The van der Waals surface area contributed by atoms with E-state index in [1.165, 1.54) is 18.4 Å². The van der Waals surface area contributed by atoms with Crippen LogP contribution in [0.2, 0.25) is 0 Å². The smallest absolute Gasteiger partial charge is 0.220 e. The van der Waals surface area contributed by atoms with E-state index < -0.39 is 0 Å². The number of allylic oxidation sites excluding steroid dienone is 3. The van der Waals surface area contributed by atoms with Gasteiger partial charge in [0.05, 0.1) is 4.48 Å². The Morgan fingerprint density at radius 2 is 1.97 bits per heavy atom. The molecule has 1 aromatic carbocycles. The zero-order valence-corrected chi connectivity index (χ0v) is 22.7. The summed E-state index contributed by atoms with van der Waals surface area (Å²) in [5.41, 5.74) is 4.31. The van der Waals surface area contributed by atoms with Crippen molar-refractivity contribution >= 4 is 33.7 Å². The molecule has 3 rings (SSSR count). The minimum atomic E-state index is -0.303. The molecule has 1 fully saturated rings. The van der Waals surface area contributed by atoms with E-state index in [2.05, 4.69) is 92.6 Å². The Morgan fingerprint density at radius 1 is 1.26 bits per heavy atom. The van der Waals surface area contributed by atoms with Crippen LogP contribution in [-0.4, -0.2) is 49.5 Å². The molecule has 0 spiro atoms. The second-order valence-corrected chi connectivity index (χ2v) is 9.93. The molecule has 4 N–H and O–H groups in total. The van der Waals surface area contributed by atoms with Crippen LogP contribution in [-0.2, 0) is 11.2 Å². The highest BCUT2D eigenvalue weighted by molar-refractivity contribution is 9.12. The molecule has 1 heterocycles. The van der Waals surface area contributed by atoms with E-state index in [9.17, 15) is 4.79 Å². The SMILES string of the molecule is C=C(/C=C(\C)C1CC1)NC1=C(Br)C=NC(Nc2ccc(CCC(=O)NCCN(CC)CC)cc2)N1. The molecular formula is C27H39BrN6O. The first-order valence-corrected chi connectivity index (χ1v) is 13.3. The third-order valence-corrected chi connectivity index (χ3v) is 6.91. The summed E-state index contributed by atoms with van der Waals surface area (Å²) in [6, 6.07) is 8.14. The topological polar surface area (TPSA) is 80.8 Å². The average Bonchev–Trinajstić information content (AvgIpc) is 3.69. The lowest BCUT2D eigenvalue weighted by Crippen LogP contribution is -2.41. The van der Waals surface area contributed by atoms with E-state index in [0.717, 1.165) is 59.2 Å². The van der Waals surface area contributed by atoms with E-state index in [1.807, 2.05) is 12.1 Å². The second-order valence-electron chi connectivity index (χ2n) is 9.08. The first-order valence-electron chi connectivity index (χ1n) is 12.6. The van der Waals surface area contributed by atoms with Crippen molar-refractivity contribution in [2.75, 3.05) is 31.5 Å². The first-order chi connectivity index (χ1) is 16.9. The molecule has 8 heteroatoms. The van der Waals surface area contributed by atoms with Crippen LogP contribution in [0.3, 0.4) is 0 Å². The molecule has 1 saturated carbocycles. The summed E-state index contributed by atoms with van der Waals surface area (Å²) in [4.78, 5) is 18.9. The van der Waals surface area contributed by atoms with E-state index in [-0.39, 0.29) is 12.2 Å². The Hall–Kier alpha value is -2.58. The van der Waals surface area contributed by atoms with Gasteiger partial charge in [0, 0.05) is 37.1 Å². The predicted octanol–water partition coefficient (Wildman–Crippen LogP) is 4.47. The van der Waals surface area contributed by atoms with Gasteiger partial charge in [-0.2, -0.15) is 0 Å². The summed E-state index contributed by atoms with van der Waals surface area (Å²) in [5.74, 6) is 1.64. The van der Waals surface area contributed by atoms with E-state index in [1.54, 1.807) is 6.21 Å². The Labute approximate surface area is 218 Å². The number of rotatable bonds is 14. The van der Waals surface area contributed by atoms with E-state index >= 15 is 0 Å². The third kappa shape index (κ3) is 9.18. The molecule has 1 amide bonds. The number of benzene rings is 1. The molecule has 190 valence electrons. The Balaban J connectivity index is 1.42. The average molecular weight is 544 g/mol. The monoisotopic (exact) mass is 542 g/mol. The van der Waals surface area contributed by atoms with Gasteiger partial charge in [0.2, 0.25) is 5.91 Å². The van der Waals surface area contributed by atoms with Crippen LogP contribution < -0.4 is 21.3 Å². The number of aliphatic imine (C=N–C) groups is 1. The molecule has 2 aliphatic rings. The summed E-state index contributed by atoms with van der Waals surface area (Å²) in [5, 5.41) is 13.1. The third-order valence-electron chi connectivity index (χ3n) is 6.31. The maximum atomic E-state index is 12.1. The second kappa shape index (κ2) is 13.5. The van der Waals surface area contributed by atoms with Crippen molar-refractivity contribution in [2.24, 2.45) is 10.9 Å². The summed E-state index contributed by atoms with van der Waals surface area (Å²) in [7, 11) is 0. The Morgan fingerprint density at radius 3 is 2.63 bits per heavy atom. The fourth-order valence-electron chi connectivity index (χ4n) is 3.91. The normalized spacial score (nSPS) is 17.9. The van der Waals surface area contributed by atoms with Gasteiger partial charge in [-0.15, -0.1) is 0 Å². The molecule has 35 heavy (non-hydrogen) atoms. The molecule has 0 bridgehead atoms. The van der Waals surface area contributed by atoms with Gasteiger partial charge in [0.1, 0.15) is 5.82 Å². The van der Waals surface area contributed by atoms with Gasteiger partial charge in [0.15, 0.2) is 6.29 Å². The first kappa shape index (κ1) is 27.0. The largest absolute Gasteiger partial charge is 0.355 e. The lowest BCUT2D eigenvalue weighted by atomic mass is 10.1. The molecule has 7 nitrogen and oxygen atoms in total. The fourth-order valence-corrected chi connectivity index (χ4v) is 4.24. The molecule has 1 aliphatic heterocycles. The number of anilines is 1. The Kier molecular flexibility index (Phi) is 10.4. The molecule has 0 saturated heterocycles. The number of carbonyl (C=O) groups excluding carboxylic acids is 1. The highest BCUT2D eigenvalue weighted by Gasteiger charge is 2.23. The van der Waals surface area contributed by atoms with Crippen molar-refractivity contribution in [3.63, 3.8) is 0 Å². The van der Waals surface area contributed by atoms with Gasteiger partial charge in [-0.05, 0) is 84.9 Å². The zero-order valence-electron chi connectivity index (χ0n) is 21.2. The minimum Gasteiger partial charge on any atom is -0.355 e. The highest BCUT2D eigenvalue weighted by Crippen LogP contribution is 2.36. The van der Waals surface area contributed by atoms with Crippen LogP contribution in [0.15, 0.2) is 63.5 Å².